The molecule has 1 aromatic rings. The van der Waals surface area contributed by atoms with Crippen LogP contribution in [-0.4, -0.2) is 25.0 Å². The van der Waals surface area contributed by atoms with Crippen LogP contribution in [0, 0.1) is 5.82 Å². The number of nitrogens with zero attached hydrogens (tertiary/aromatic N) is 1. The second-order valence-electron chi connectivity index (χ2n) is 3.59. The molecular formula is C11H15BrFN3. The van der Waals surface area contributed by atoms with Crippen molar-refractivity contribution in [3.63, 3.8) is 0 Å². The standard InChI is InChI=1S/C11H14FN3.BrH/c12-10-4-2-1-3-9(10)11-14-7-8(15-11)5-6-13;/h1-4,8H,5-7,13H2,(H,14,15);1H/t8-;/m0./s1. The van der Waals surface area contributed by atoms with Crippen LogP contribution in [0.25, 0.3) is 0 Å². The Morgan fingerprint density at radius 2 is 2.19 bits per heavy atom. The molecule has 88 valence electrons. The van der Waals surface area contributed by atoms with E-state index >= 15 is 0 Å². The Balaban J connectivity index is 0.00000128. The van der Waals surface area contributed by atoms with E-state index in [1.165, 1.54) is 6.07 Å². The van der Waals surface area contributed by atoms with E-state index in [1.807, 2.05) is 0 Å². The van der Waals surface area contributed by atoms with Crippen molar-refractivity contribution in [2.24, 2.45) is 10.7 Å². The second kappa shape index (κ2) is 5.96. The molecule has 0 aliphatic carbocycles. The molecule has 0 spiro atoms. The van der Waals surface area contributed by atoms with Crippen molar-refractivity contribution in [2.45, 2.75) is 12.5 Å². The second-order valence-corrected chi connectivity index (χ2v) is 3.59. The summed E-state index contributed by atoms with van der Waals surface area (Å²) in [4.78, 5) is 4.28. The Kier molecular flexibility index (Phi) is 4.89. The molecule has 1 aliphatic heterocycles. The van der Waals surface area contributed by atoms with Gasteiger partial charge in [0.15, 0.2) is 0 Å². The molecule has 0 saturated heterocycles. The maximum atomic E-state index is 13.4. The number of benzene rings is 1. The van der Waals surface area contributed by atoms with Crippen LogP contribution in [-0.2, 0) is 0 Å². The van der Waals surface area contributed by atoms with Gasteiger partial charge in [-0.25, -0.2) is 4.39 Å². The third-order valence-electron chi connectivity index (χ3n) is 2.45. The summed E-state index contributed by atoms with van der Waals surface area (Å²) < 4.78 is 13.4. The van der Waals surface area contributed by atoms with Gasteiger partial charge < -0.3 is 11.1 Å². The first-order valence-corrected chi connectivity index (χ1v) is 5.07. The summed E-state index contributed by atoms with van der Waals surface area (Å²) in [7, 11) is 0. The zero-order chi connectivity index (χ0) is 10.7. The first-order valence-electron chi connectivity index (χ1n) is 5.07. The zero-order valence-corrected chi connectivity index (χ0v) is 10.5. The van der Waals surface area contributed by atoms with Crippen LogP contribution in [0.1, 0.15) is 12.0 Å². The number of rotatable bonds is 3. The molecule has 3 N–H and O–H groups in total. The Hall–Kier alpha value is -0.940. The van der Waals surface area contributed by atoms with Crippen LogP contribution in [0.3, 0.4) is 0 Å². The third-order valence-corrected chi connectivity index (χ3v) is 2.45. The van der Waals surface area contributed by atoms with Gasteiger partial charge >= 0.3 is 0 Å². The lowest BCUT2D eigenvalue weighted by atomic mass is 10.2. The average Bonchev–Trinajstić information content (AvgIpc) is 2.68. The molecule has 5 heteroatoms. The van der Waals surface area contributed by atoms with Crippen molar-refractivity contribution in [3.8, 4) is 0 Å². The molecular weight excluding hydrogens is 273 g/mol. The molecule has 0 amide bonds. The van der Waals surface area contributed by atoms with Crippen LogP contribution in [0.15, 0.2) is 29.3 Å². The Labute approximate surface area is 105 Å². The summed E-state index contributed by atoms with van der Waals surface area (Å²) in [5.41, 5.74) is 6.00. The van der Waals surface area contributed by atoms with Gasteiger partial charge in [0.1, 0.15) is 11.7 Å². The third kappa shape index (κ3) is 2.80. The van der Waals surface area contributed by atoms with E-state index in [0.29, 0.717) is 24.5 Å². The lowest BCUT2D eigenvalue weighted by molar-refractivity contribution is 0.605. The molecule has 1 aromatic carbocycles. The molecule has 1 aliphatic rings. The van der Waals surface area contributed by atoms with E-state index in [4.69, 9.17) is 5.73 Å². The molecule has 0 unspecified atom stereocenters. The maximum Gasteiger partial charge on any atom is 0.134 e. The predicted molar refractivity (Wildman–Crippen MR) is 68.7 cm³/mol. The topological polar surface area (TPSA) is 50.4 Å². The number of nitrogens with one attached hydrogen (secondary N) is 1. The summed E-state index contributed by atoms with van der Waals surface area (Å²) in [6.45, 7) is 1.30. The molecule has 0 aromatic heterocycles. The number of nitrogens with two attached hydrogens (primary N) is 1. The summed E-state index contributed by atoms with van der Waals surface area (Å²) in [6.07, 6.45) is 0.863. The summed E-state index contributed by atoms with van der Waals surface area (Å²) in [6, 6.07) is 6.90. The number of halogens is 2. The van der Waals surface area contributed by atoms with Crippen LogP contribution in [0.4, 0.5) is 4.39 Å². The van der Waals surface area contributed by atoms with Gasteiger partial charge in [0, 0.05) is 6.04 Å². The van der Waals surface area contributed by atoms with Crippen molar-refractivity contribution in [3.05, 3.63) is 35.6 Å². The largest absolute Gasteiger partial charge is 0.365 e. The van der Waals surface area contributed by atoms with Gasteiger partial charge in [-0.1, -0.05) is 12.1 Å². The molecule has 1 atom stereocenters. The highest BCUT2D eigenvalue weighted by molar-refractivity contribution is 8.93. The Morgan fingerprint density at radius 3 is 2.88 bits per heavy atom. The van der Waals surface area contributed by atoms with E-state index in [-0.39, 0.29) is 28.8 Å². The van der Waals surface area contributed by atoms with Crippen molar-refractivity contribution in [1.82, 2.24) is 5.32 Å². The molecule has 16 heavy (non-hydrogen) atoms. The van der Waals surface area contributed by atoms with Crippen LogP contribution < -0.4 is 11.1 Å². The van der Waals surface area contributed by atoms with Gasteiger partial charge in [0.05, 0.1) is 12.1 Å². The minimum atomic E-state index is -0.239. The smallest absolute Gasteiger partial charge is 0.134 e. The minimum absolute atomic E-state index is 0. The highest BCUT2D eigenvalue weighted by Gasteiger charge is 2.19. The monoisotopic (exact) mass is 287 g/mol. The van der Waals surface area contributed by atoms with Gasteiger partial charge in [-0.2, -0.15) is 0 Å². The summed E-state index contributed by atoms with van der Waals surface area (Å²) >= 11 is 0. The quantitative estimate of drug-likeness (QED) is 0.885. The lowest BCUT2D eigenvalue weighted by Gasteiger charge is -2.10. The Bertz CT molecular complexity index is 381. The van der Waals surface area contributed by atoms with Crippen molar-refractivity contribution in [2.75, 3.05) is 13.1 Å². The molecule has 2 rings (SSSR count). The lowest BCUT2D eigenvalue weighted by Crippen LogP contribution is -2.32. The highest BCUT2D eigenvalue weighted by atomic mass is 79.9. The van der Waals surface area contributed by atoms with E-state index < -0.39 is 0 Å². The van der Waals surface area contributed by atoms with E-state index in [0.717, 1.165) is 6.42 Å². The number of amidine groups is 1. The number of hydrogen-bond donors (Lipinski definition) is 2. The molecule has 0 bridgehead atoms. The Morgan fingerprint density at radius 1 is 1.44 bits per heavy atom. The van der Waals surface area contributed by atoms with Gasteiger partial charge in [0.25, 0.3) is 0 Å². The molecule has 3 nitrogen and oxygen atoms in total. The normalized spacial score (nSPS) is 18.6. The van der Waals surface area contributed by atoms with Crippen LogP contribution >= 0.6 is 17.0 Å². The van der Waals surface area contributed by atoms with E-state index in [9.17, 15) is 4.39 Å². The first kappa shape index (κ1) is 13.1. The van der Waals surface area contributed by atoms with E-state index in [1.54, 1.807) is 18.2 Å². The first-order chi connectivity index (χ1) is 7.31. The fourth-order valence-electron chi connectivity index (χ4n) is 1.67. The zero-order valence-electron chi connectivity index (χ0n) is 8.82. The molecule has 0 radical (unpaired) electrons. The van der Waals surface area contributed by atoms with Gasteiger partial charge in [-0.3, -0.25) is 4.99 Å². The van der Waals surface area contributed by atoms with Crippen LogP contribution in [0.2, 0.25) is 0 Å². The predicted octanol–water partition coefficient (Wildman–Crippen LogP) is 1.47. The van der Waals surface area contributed by atoms with Crippen molar-refractivity contribution < 1.29 is 4.39 Å². The molecule has 1 heterocycles. The molecule has 0 saturated carbocycles. The summed E-state index contributed by atoms with van der Waals surface area (Å²) in [5, 5.41) is 3.18. The number of aliphatic imine (C=N–C) groups is 1. The SMILES string of the molecule is Br.NCC[C@H]1CN=C(c2ccccc2F)N1. The minimum Gasteiger partial charge on any atom is -0.365 e. The van der Waals surface area contributed by atoms with Crippen molar-refractivity contribution >= 4 is 22.8 Å². The molecule has 0 fully saturated rings. The fraction of sp³-hybridized carbons (Fsp3) is 0.364. The summed E-state index contributed by atoms with van der Waals surface area (Å²) in [5.74, 6) is 0.406. The number of hydrogen-bond acceptors (Lipinski definition) is 3. The van der Waals surface area contributed by atoms with Crippen LogP contribution in [0.5, 0.6) is 0 Å². The van der Waals surface area contributed by atoms with Gasteiger partial charge in [0.2, 0.25) is 0 Å². The van der Waals surface area contributed by atoms with Gasteiger partial charge in [-0.05, 0) is 25.1 Å². The van der Waals surface area contributed by atoms with E-state index in [2.05, 4.69) is 10.3 Å². The van der Waals surface area contributed by atoms with Crippen molar-refractivity contribution in [1.29, 1.82) is 0 Å². The van der Waals surface area contributed by atoms with Gasteiger partial charge in [-0.15, -0.1) is 17.0 Å². The fourth-order valence-corrected chi connectivity index (χ4v) is 1.67. The highest BCUT2D eigenvalue weighted by Crippen LogP contribution is 2.11. The average molecular weight is 288 g/mol. The maximum absolute atomic E-state index is 13.4.